The first-order valence-corrected chi connectivity index (χ1v) is 6.93. The highest BCUT2D eigenvalue weighted by Gasteiger charge is 2.40. The van der Waals surface area contributed by atoms with Gasteiger partial charge in [-0.3, -0.25) is 0 Å². The van der Waals surface area contributed by atoms with Crippen molar-refractivity contribution in [1.82, 2.24) is 0 Å². The van der Waals surface area contributed by atoms with E-state index in [9.17, 15) is 5.11 Å². The molecule has 2 atom stereocenters. The molecule has 1 heterocycles. The summed E-state index contributed by atoms with van der Waals surface area (Å²) in [6.45, 7) is 4.82. The molecule has 1 aromatic rings. The van der Waals surface area contributed by atoms with Gasteiger partial charge in [-0.15, -0.1) is 0 Å². The van der Waals surface area contributed by atoms with Crippen molar-refractivity contribution < 1.29 is 9.84 Å². The molecule has 0 aliphatic carbocycles. The molecule has 1 fully saturated rings. The van der Waals surface area contributed by atoms with Crippen LogP contribution in [0.25, 0.3) is 0 Å². The maximum Gasteiger partial charge on any atom is 0.0737 e. The first kappa shape index (κ1) is 13.9. The summed E-state index contributed by atoms with van der Waals surface area (Å²) in [6, 6.07) is 7.72. The Morgan fingerprint density at radius 1 is 1.33 bits per heavy atom. The van der Waals surface area contributed by atoms with E-state index in [0.717, 1.165) is 17.0 Å². The molecule has 1 N–H and O–H groups in total. The number of ether oxygens (including phenoxy) is 1. The molecule has 0 aromatic heterocycles. The Morgan fingerprint density at radius 2 is 2.00 bits per heavy atom. The molecule has 0 radical (unpaired) electrons. The van der Waals surface area contributed by atoms with Crippen LogP contribution >= 0.6 is 11.6 Å². The van der Waals surface area contributed by atoms with E-state index in [1.165, 1.54) is 0 Å². The van der Waals surface area contributed by atoms with Gasteiger partial charge in [-0.1, -0.05) is 30.7 Å². The number of hydrogen-bond acceptors (Lipinski definition) is 2. The van der Waals surface area contributed by atoms with Crippen LogP contribution < -0.4 is 0 Å². The van der Waals surface area contributed by atoms with Crippen molar-refractivity contribution in [1.29, 1.82) is 0 Å². The van der Waals surface area contributed by atoms with Crippen LogP contribution in [0, 0.1) is 0 Å². The standard InChI is InChI=1S/C15H21ClO2/c1-3-14(2)11-15(17,8-9-18-14)10-12-4-6-13(16)7-5-12/h4-7,17H,3,8-11H2,1-2H3. The molecule has 0 bridgehead atoms. The van der Waals surface area contributed by atoms with Crippen LogP contribution in [-0.2, 0) is 11.2 Å². The topological polar surface area (TPSA) is 29.5 Å². The zero-order valence-electron chi connectivity index (χ0n) is 11.1. The Hall–Kier alpha value is -0.570. The van der Waals surface area contributed by atoms with E-state index in [2.05, 4.69) is 13.8 Å². The van der Waals surface area contributed by atoms with Gasteiger partial charge < -0.3 is 9.84 Å². The molecule has 0 amide bonds. The maximum absolute atomic E-state index is 10.7. The Kier molecular flexibility index (Phi) is 4.00. The van der Waals surface area contributed by atoms with Crippen LogP contribution in [0.3, 0.4) is 0 Å². The predicted octanol–water partition coefficient (Wildman–Crippen LogP) is 3.59. The summed E-state index contributed by atoms with van der Waals surface area (Å²) in [7, 11) is 0. The Morgan fingerprint density at radius 3 is 2.61 bits per heavy atom. The average molecular weight is 269 g/mol. The molecule has 18 heavy (non-hydrogen) atoms. The molecular formula is C15H21ClO2. The maximum atomic E-state index is 10.7. The molecule has 2 rings (SSSR count). The first-order chi connectivity index (χ1) is 8.45. The molecule has 1 aromatic carbocycles. The molecule has 2 unspecified atom stereocenters. The number of aliphatic hydroxyl groups is 1. The van der Waals surface area contributed by atoms with E-state index < -0.39 is 5.60 Å². The van der Waals surface area contributed by atoms with Crippen molar-refractivity contribution in [2.75, 3.05) is 6.61 Å². The fourth-order valence-electron chi connectivity index (χ4n) is 2.68. The fraction of sp³-hybridized carbons (Fsp3) is 0.600. The minimum Gasteiger partial charge on any atom is -0.389 e. The SMILES string of the molecule is CCC1(C)CC(O)(Cc2ccc(Cl)cc2)CCO1. The van der Waals surface area contributed by atoms with E-state index in [4.69, 9.17) is 16.3 Å². The molecular weight excluding hydrogens is 248 g/mol. The molecule has 3 heteroatoms. The molecule has 0 spiro atoms. The second-order valence-corrected chi connectivity index (χ2v) is 6.04. The number of benzene rings is 1. The number of rotatable bonds is 3. The van der Waals surface area contributed by atoms with E-state index >= 15 is 0 Å². The average Bonchev–Trinajstić information content (AvgIpc) is 2.32. The third-order valence-electron chi connectivity index (χ3n) is 3.92. The van der Waals surface area contributed by atoms with Gasteiger partial charge in [0.2, 0.25) is 0 Å². The lowest BCUT2D eigenvalue weighted by molar-refractivity contribution is -0.152. The molecule has 0 saturated carbocycles. The third-order valence-corrected chi connectivity index (χ3v) is 4.17. The van der Waals surface area contributed by atoms with Crippen LogP contribution in [0.2, 0.25) is 5.02 Å². The third kappa shape index (κ3) is 3.25. The van der Waals surface area contributed by atoms with E-state index in [1.54, 1.807) is 0 Å². The van der Waals surface area contributed by atoms with Gasteiger partial charge in [0.1, 0.15) is 0 Å². The summed E-state index contributed by atoms with van der Waals surface area (Å²) in [4.78, 5) is 0. The van der Waals surface area contributed by atoms with Gasteiger partial charge in [-0.2, -0.15) is 0 Å². The Bertz CT molecular complexity index is 403. The van der Waals surface area contributed by atoms with Crippen molar-refractivity contribution in [3.63, 3.8) is 0 Å². The lowest BCUT2D eigenvalue weighted by atomic mass is 9.78. The van der Waals surface area contributed by atoms with Gasteiger partial charge in [-0.05, 0) is 37.5 Å². The fourth-order valence-corrected chi connectivity index (χ4v) is 2.81. The largest absolute Gasteiger partial charge is 0.389 e. The normalized spacial score (nSPS) is 32.4. The monoisotopic (exact) mass is 268 g/mol. The van der Waals surface area contributed by atoms with Gasteiger partial charge >= 0.3 is 0 Å². The minimum atomic E-state index is -0.656. The van der Waals surface area contributed by atoms with Gasteiger partial charge in [0, 0.05) is 17.9 Å². The summed E-state index contributed by atoms with van der Waals surface area (Å²) in [6.07, 6.45) is 2.99. The summed E-state index contributed by atoms with van der Waals surface area (Å²) in [5.41, 5.74) is 0.276. The minimum absolute atomic E-state index is 0.195. The van der Waals surface area contributed by atoms with Crippen molar-refractivity contribution >= 4 is 11.6 Å². The lowest BCUT2D eigenvalue weighted by Gasteiger charge is -2.43. The van der Waals surface area contributed by atoms with Crippen LogP contribution in [0.4, 0.5) is 0 Å². The van der Waals surface area contributed by atoms with Crippen LogP contribution in [0.15, 0.2) is 24.3 Å². The predicted molar refractivity (Wildman–Crippen MR) is 74.0 cm³/mol. The van der Waals surface area contributed by atoms with Crippen molar-refractivity contribution in [2.45, 2.75) is 50.7 Å². The second kappa shape index (κ2) is 5.20. The summed E-state index contributed by atoms with van der Waals surface area (Å²) in [5, 5.41) is 11.5. The summed E-state index contributed by atoms with van der Waals surface area (Å²) >= 11 is 5.87. The van der Waals surface area contributed by atoms with Gasteiger partial charge in [0.25, 0.3) is 0 Å². The van der Waals surface area contributed by atoms with E-state index in [-0.39, 0.29) is 5.60 Å². The van der Waals surface area contributed by atoms with E-state index in [0.29, 0.717) is 25.9 Å². The molecule has 2 nitrogen and oxygen atoms in total. The van der Waals surface area contributed by atoms with Crippen LogP contribution in [-0.4, -0.2) is 22.9 Å². The van der Waals surface area contributed by atoms with Crippen molar-refractivity contribution in [3.05, 3.63) is 34.9 Å². The highest BCUT2D eigenvalue weighted by atomic mass is 35.5. The Balaban J connectivity index is 2.09. The highest BCUT2D eigenvalue weighted by molar-refractivity contribution is 6.30. The summed E-state index contributed by atoms with van der Waals surface area (Å²) < 4.78 is 5.79. The quantitative estimate of drug-likeness (QED) is 0.908. The van der Waals surface area contributed by atoms with Crippen molar-refractivity contribution in [3.8, 4) is 0 Å². The molecule has 1 saturated heterocycles. The second-order valence-electron chi connectivity index (χ2n) is 5.61. The van der Waals surface area contributed by atoms with Gasteiger partial charge in [0.15, 0.2) is 0 Å². The first-order valence-electron chi connectivity index (χ1n) is 6.56. The molecule has 100 valence electrons. The van der Waals surface area contributed by atoms with Gasteiger partial charge in [0.05, 0.1) is 17.8 Å². The lowest BCUT2D eigenvalue weighted by Crippen LogP contribution is -2.48. The zero-order valence-corrected chi connectivity index (χ0v) is 11.8. The van der Waals surface area contributed by atoms with Crippen LogP contribution in [0.1, 0.15) is 38.7 Å². The van der Waals surface area contributed by atoms with E-state index in [1.807, 2.05) is 24.3 Å². The number of halogens is 1. The molecule has 1 aliphatic rings. The smallest absolute Gasteiger partial charge is 0.0737 e. The van der Waals surface area contributed by atoms with Crippen LogP contribution in [0.5, 0.6) is 0 Å². The van der Waals surface area contributed by atoms with Gasteiger partial charge in [-0.25, -0.2) is 0 Å². The van der Waals surface area contributed by atoms with Crippen molar-refractivity contribution in [2.24, 2.45) is 0 Å². The summed E-state index contributed by atoms with van der Waals surface area (Å²) in [5.74, 6) is 0. The Labute approximate surface area is 114 Å². The number of hydrogen-bond donors (Lipinski definition) is 1. The highest BCUT2D eigenvalue weighted by Crippen LogP contribution is 2.36. The molecule has 1 aliphatic heterocycles. The zero-order chi connectivity index (χ0) is 13.2.